The third kappa shape index (κ3) is 3.25. The number of ketones is 1. The van der Waals surface area contributed by atoms with Crippen LogP contribution in [0.2, 0.25) is 0 Å². The molecule has 3 N–H and O–H groups in total. The van der Waals surface area contributed by atoms with E-state index in [1.54, 1.807) is 30.8 Å². The normalized spacial score (nSPS) is 14.5. The minimum atomic E-state index is -0.376. The van der Waals surface area contributed by atoms with E-state index in [1.165, 1.54) is 6.92 Å². The molecule has 0 saturated heterocycles. The molecule has 0 aliphatic heterocycles. The number of rotatable bonds is 4. The summed E-state index contributed by atoms with van der Waals surface area (Å²) in [5, 5.41) is 9.49. The number of Topliss-reactive ketones (excluding diaryl/α,β-unsaturated/α-hetero) is 1. The van der Waals surface area contributed by atoms with E-state index in [9.17, 15) is 9.90 Å². The number of hydrogen-bond acceptors (Lipinski definition) is 4. The zero-order chi connectivity index (χ0) is 12.3. The van der Waals surface area contributed by atoms with Crippen LogP contribution in [0.4, 0.5) is 5.69 Å². The number of aliphatic hydroxyl groups is 1. The predicted octanol–water partition coefficient (Wildman–Crippen LogP) is 2.33. The van der Waals surface area contributed by atoms with Gasteiger partial charge in [-0.05, 0) is 32.0 Å². The number of carbonyl (C=O) groups is 1. The van der Waals surface area contributed by atoms with E-state index in [4.69, 9.17) is 5.73 Å². The molecule has 0 spiro atoms. The summed E-state index contributed by atoms with van der Waals surface area (Å²) in [6.45, 7) is 5.20. The number of carbonyl (C=O) groups excluding carboxylic acids is 1. The van der Waals surface area contributed by atoms with Crippen molar-refractivity contribution < 1.29 is 9.90 Å². The lowest BCUT2D eigenvalue weighted by molar-refractivity contribution is 0.101. The fourth-order valence-electron chi connectivity index (χ4n) is 1.25. The Morgan fingerprint density at radius 2 is 2.06 bits per heavy atom. The van der Waals surface area contributed by atoms with Crippen molar-refractivity contribution in [2.75, 3.05) is 5.73 Å². The van der Waals surface area contributed by atoms with Crippen molar-refractivity contribution in [2.24, 2.45) is 0 Å². The maximum atomic E-state index is 11.2. The molecule has 0 radical (unpaired) electrons. The third-order valence-electron chi connectivity index (χ3n) is 2.40. The second-order valence-electron chi connectivity index (χ2n) is 3.87. The molecule has 4 heteroatoms. The topological polar surface area (TPSA) is 63.3 Å². The summed E-state index contributed by atoms with van der Waals surface area (Å²) in [6.07, 6.45) is -0.376. The molecule has 0 aromatic heterocycles. The van der Waals surface area contributed by atoms with Crippen LogP contribution in [0.25, 0.3) is 0 Å². The minimum Gasteiger partial charge on any atom is -0.398 e. The van der Waals surface area contributed by atoms with Crippen LogP contribution < -0.4 is 5.73 Å². The molecule has 2 atom stereocenters. The average molecular weight is 239 g/mol. The minimum absolute atomic E-state index is 0.0300. The largest absolute Gasteiger partial charge is 0.398 e. The second kappa shape index (κ2) is 5.37. The van der Waals surface area contributed by atoms with Gasteiger partial charge in [0, 0.05) is 21.4 Å². The lowest BCUT2D eigenvalue weighted by Crippen LogP contribution is -2.14. The Bertz CT molecular complexity index is 391. The van der Waals surface area contributed by atoms with Crippen molar-refractivity contribution in [3.63, 3.8) is 0 Å². The summed E-state index contributed by atoms with van der Waals surface area (Å²) < 4.78 is 0. The van der Waals surface area contributed by atoms with E-state index in [1.807, 2.05) is 13.0 Å². The van der Waals surface area contributed by atoms with Gasteiger partial charge in [0.1, 0.15) is 0 Å². The molecule has 2 unspecified atom stereocenters. The molecule has 0 amide bonds. The Kier molecular flexibility index (Phi) is 4.38. The molecule has 0 aliphatic rings. The van der Waals surface area contributed by atoms with Crippen molar-refractivity contribution in [1.82, 2.24) is 0 Å². The van der Waals surface area contributed by atoms with Gasteiger partial charge in [-0.25, -0.2) is 0 Å². The van der Waals surface area contributed by atoms with Crippen molar-refractivity contribution in [3.8, 4) is 0 Å². The number of anilines is 1. The van der Waals surface area contributed by atoms with Gasteiger partial charge < -0.3 is 10.8 Å². The molecule has 0 saturated carbocycles. The first-order valence-electron chi connectivity index (χ1n) is 5.17. The van der Waals surface area contributed by atoms with E-state index in [2.05, 4.69) is 0 Å². The lowest BCUT2D eigenvalue weighted by Gasteiger charge is -2.14. The molecular weight excluding hydrogens is 222 g/mol. The summed E-state index contributed by atoms with van der Waals surface area (Å²) in [5.41, 5.74) is 6.82. The molecule has 1 rings (SSSR count). The first kappa shape index (κ1) is 13.1. The number of benzene rings is 1. The molecule has 0 fully saturated rings. The Hall–Kier alpha value is -1.00. The Morgan fingerprint density at radius 1 is 1.44 bits per heavy atom. The maximum absolute atomic E-state index is 11.2. The molecule has 0 bridgehead atoms. The summed E-state index contributed by atoms with van der Waals surface area (Å²) >= 11 is 1.54. The van der Waals surface area contributed by atoms with E-state index in [-0.39, 0.29) is 17.1 Å². The molecule has 3 nitrogen and oxygen atoms in total. The summed E-state index contributed by atoms with van der Waals surface area (Å²) in [4.78, 5) is 12.1. The van der Waals surface area contributed by atoms with Crippen LogP contribution in [0.5, 0.6) is 0 Å². The third-order valence-corrected chi connectivity index (χ3v) is 3.70. The van der Waals surface area contributed by atoms with E-state index >= 15 is 0 Å². The lowest BCUT2D eigenvalue weighted by atomic mass is 10.1. The quantitative estimate of drug-likeness (QED) is 0.481. The monoisotopic (exact) mass is 239 g/mol. The van der Waals surface area contributed by atoms with E-state index < -0.39 is 0 Å². The highest BCUT2D eigenvalue weighted by atomic mass is 32.2. The van der Waals surface area contributed by atoms with Gasteiger partial charge in [0.25, 0.3) is 0 Å². The van der Waals surface area contributed by atoms with Gasteiger partial charge in [-0.1, -0.05) is 6.92 Å². The number of aliphatic hydroxyl groups excluding tert-OH is 1. The van der Waals surface area contributed by atoms with Crippen molar-refractivity contribution in [3.05, 3.63) is 23.8 Å². The highest BCUT2D eigenvalue weighted by Gasteiger charge is 2.12. The highest BCUT2D eigenvalue weighted by molar-refractivity contribution is 8.00. The molecule has 0 aliphatic carbocycles. The van der Waals surface area contributed by atoms with Crippen molar-refractivity contribution in [2.45, 2.75) is 37.0 Å². The summed E-state index contributed by atoms with van der Waals surface area (Å²) in [6, 6.07) is 5.37. The molecule has 1 aromatic carbocycles. The fraction of sp³-hybridized carbons (Fsp3) is 0.417. The molecule has 16 heavy (non-hydrogen) atoms. The van der Waals surface area contributed by atoms with Crippen LogP contribution in [-0.4, -0.2) is 22.2 Å². The predicted molar refractivity (Wildman–Crippen MR) is 67.9 cm³/mol. The zero-order valence-electron chi connectivity index (χ0n) is 9.73. The highest BCUT2D eigenvalue weighted by Crippen LogP contribution is 2.28. The van der Waals surface area contributed by atoms with Gasteiger partial charge in [0.2, 0.25) is 0 Å². The average Bonchev–Trinajstić information content (AvgIpc) is 2.16. The van der Waals surface area contributed by atoms with Gasteiger partial charge in [0.05, 0.1) is 6.10 Å². The van der Waals surface area contributed by atoms with Gasteiger partial charge in [-0.15, -0.1) is 11.8 Å². The molecule has 0 heterocycles. The smallest absolute Gasteiger partial charge is 0.161 e. The number of thioether (sulfide) groups is 1. The van der Waals surface area contributed by atoms with Gasteiger partial charge in [0.15, 0.2) is 5.78 Å². The van der Waals surface area contributed by atoms with Crippen LogP contribution in [0.15, 0.2) is 23.1 Å². The van der Waals surface area contributed by atoms with Crippen LogP contribution >= 0.6 is 11.8 Å². The van der Waals surface area contributed by atoms with Gasteiger partial charge in [-0.2, -0.15) is 0 Å². The maximum Gasteiger partial charge on any atom is 0.161 e. The Balaban J connectivity index is 2.85. The molecular formula is C12H17NO2S. The van der Waals surface area contributed by atoms with Crippen molar-refractivity contribution >= 4 is 23.2 Å². The van der Waals surface area contributed by atoms with Crippen LogP contribution in [0, 0.1) is 0 Å². The first-order valence-corrected chi connectivity index (χ1v) is 6.05. The number of nitrogen functional groups attached to an aromatic ring is 1. The zero-order valence-corrected chi connectivity index (χ0v) is 10.5. The Labute approximate surface area is 100 Å². The molecule has 88 valence electrons. The van der Waals surface area contributed by atoms with E-state index in [0.717, 1.165) is 4.90 Å². The number of nitrogens with two attached hydrogens (primary N) is 1. The Morgan fingerprint density at radius 3 is 2.50 bits per heavy atom. The first-order chi connectivity index (χ1) is 7.41. The standard InChI is InChI=1S/C12H17NO2S/c1-7(14)9(3)16-10-4-5-11(8(2)15)12(13)6-10/h4-7,9,14H,13H2,1-3H3. The van der Waals surface area contributed by atoms with Gasteiger partial charge in [-0.3, -0.25) is 4.79 Å². The second-order valence-corrected chi connectivity index (χ2v) is 5.32. The van der Waals surface area contributed by atoms with Crippen LogP contribution in [0.1, 0.15) is 31.1 Å². The SMILES string of the molecule is CC(=O)c1ccc(SC(C)C(C)O)cc1N. The van der Waals surface area contributed by atoms with E-state index in [0.29, 0.717) is 11.3 Å². The number of hydrogen-bond donors (Lipinski definition) is 2. The van der Waals surface area contributed by atoms with Crippen molar-refractivity contribution in [1.29, 1.82) is 0 Å². The van der Waals surface area contributed by atoms with Crippen LogP contribution in [0.3, 0.4) is 0 Å². The molecule has 1 aromatic rings. The fourth-order valence-corrected chi connectivity index (χ4v) is 2.22. The van der Waals surface area contributed by atoms with Gasteiger partial charge >= 0.3 is 0 Å². The summed E-state index contributed by atoms with van der Waals surface area (Å²) in [7, 11) is 0. The van der Waals surface area contributed by atoms with Crippen LogP contribution in [-0.2, 0) is 0 Å². The summed E-state index contributed by atoms with van der Waals surface area (Å²) in [5.74, 6) is -0.0300.